The van der Waals surface area contributed by atoms with Crippen molar-refractivity contribution in [3.63, 3.8) is 0 Å². The van der Waals surface area contributed by atoms with E-state index in [4.69, 9.17) is 16.9 Å². The molecule has 0 unspecified atom stereocenters. The summed E-state index contributed by atoms with van der Waals surface area (Å²) in [5.41, 5.74) is 2.40. The Labute approximate surface area is 161 Å². The van der Waals surface area contributed by atoms with Crippen LogP contribution in [0.25, 0.3) is 0 Å². The maximum Gasteiger partial charge on any atom is 0.271 e. The molecule has 2 N–H and O–H groups in total. The van der Waals surface area contributed by atoms with Gasteiger partial charge in [-0.15, -0.1) is 10.2 Å². The van der Waals surface area contributed by atoms with E-state index in [2.05, 4.69) is 26.9 Å². The maximum atomic E-state index is 12.2. The summed E-state index contributed by atoms with van der Waals surface area (Å²) < 4.78 is 0. The van der Waals surface area contributed by atoms with E-state index < -0.39 is 0 Å². The molecule has 1 amide bonds. The number of nitriles is 1. The largest absolute Gasteiger partial charge is 0.350 e. The van der Waals surface area contributed by atoms with E-state index in [1.807, 2.05) is 30.3 Å². The molecule has 0 aliphatic carbocycles. The summed E-state index contributed by atoms with van der Waals surface area (Å²) in [7, 11) is 0. The van der Waals surface area contributed by atoms with Gasteiger partial charge in [-0.3, -0.25) is 4.79 Å². The van der Waals surface area contributed by atoms with Gasteiger partial charge in [0.05, 0.1) is 11.3 Å². The molecule has 0 saturated carbocycles. The summed E-state index contributed by atoms with van der Waals surface area (Å²) in [4.78, 5) is 12.2. The van der Waals surface area contributed by atoms with Crippen LogP contribution in [0.1, 0.15) is 21.6 Å². The highest BCUT2D eigenvalue weighted by Crippen LogP contribution is 2.18. The fourth-order valence-corrected chi connectivity index (χ4v) is 2.66. The lowest BCUT2D eigenvalue weighted by Gasteiger charge is -2.08. The summed E-state index contributed by atoms with van der Waals surface area (Å²) in [5.74, 6) is 0.154. The van der Waals surface area contributed by atoms with Crippen LogP contribution in [0.4, 0.5) is 11.5 Å². The predicted molar refractivity (Wildman–Crippen MR) is 104 cm³/mol. The minimum Gasteiger partial charge on any atom is -0.350 e. The summed E-state index contributed by atoms with van der Waals surface area (Å²) in [5, 5.41) is 23.5. The summed E-state index contributed by atoms with van der Waals surface area (Å²) in [6.07, 6.45) is 0.671. The lowest BCUT2D eigenvalue weighted by molar-refractivity contribution is 0.0948. The number of hydrogen-bond donors (Lipinski definition) is 2. The second kappa shape index (κ2) is 8.79. The van der Waals surface area contributed by atoms with Crippen LogP contribution in [0.15, 0.2) is 60.7 Å². The second-order valence-corrected chi connectivity index (χ2v) is 6.16. The van der Waals surface area contributed by atoms with Crippen molar-refractivity contribution >= 4 is 29.0 Å². The molecule has 0 fully saturated rings. The van der Waals surface area contributed by atoms with E-state index in [9.17, 15) is 4.79 Å². The molecule has 7 heteroatoms. The van der Waals surface area contributed by atoms with Gasteiger partial charge in [-0.2, -0.15) is 5.26 Å². The molecule has 3 aromatic rings. The van der Waals surface area contributed by atoms with Crippen LogP contribution >= 0.6 is 11.6 Å². The Bertz CT molecular complexity index is 982. The number of anilines is 2. The van der Waals surface area contributed by atoms with Gasteiger partial charge in [-0.05, 0) is 48.4 Å². The van der Waals surface area contributed by atoms with Crippen LogP contribution in [0.2, 0.25) is 5.02 Å². The second-order valence-electron chi connectivity index (χ2n) is 5.72. The number of carbonyl (C=O) groups excluding carboxylic acids is 1. The molecule has 1 aromatic heterocycles. The molecule has 0 spiro atoms. The van der Waals surface area contributed by atoms with E-state index in [1.54, 1.807) is 30.3 Å². The summed E-state index contributed by atoms with van der Waals surface area (Å²) in [6.45, 7) is 0.469. The number of amides is 1. The standard InChI is InChI=1S/C20H16ClN5O/c21-16-6-3-4-14(12-16)10-11-23-20(27)18-8-9-19(26-25-18)24-17-7-2-1-5-15(17)13-22/h1-9,12H,10-11H2,(H,23,27)(H,24,26). The number of para-hydroxylation sites is 1. The zero-order valence-corrected chi connectivity index (χ0v) is 15.1. The average Bonchev–Trinajstić information content (AvgIpc) is 2.69. The first-order chi connectivity index (χ1) is 13.2. The number of benzene rings is 2. The van der Waals surface area contributed by atoms with Crippen molar-refractivity contribution in [3.8, 4) is 6.07 Å². The number of hydrogen-bond acceptors (Lipinski definition) is 5. The quantitative estimate of drug-likeness (QED) is 0.683. The molecule has 0 atom stereocenters. The minimum atomic E-state index is -0.298. The lowest BCUT2D eigenvalue weighted by atomic mass is 10.1. The van der Waals surface area contributed by atoms with Crippen molar-refractivity contribution in [3.05, 3.63) is 82.5 Å². The number of carbonyl (C=O) groups is 1. The maximum absolute atomic E-state index is 12.2. The summed E-state index contributed by atoms with van der Waals surface area (Å²) in [6, 6.07) is 19.9. The number of halogens is 1. The number of rotatable bonds is 6. The molecule has 0 radical (unpaired) electrons. The number of nitrogens with one attached hydrogen (secondary N) is 2. The molecule has 3 rings (SSSR count). The highest BCUT2D eigenvalue weighted by molar-refractivity contribution is 6.30. The van der Waals surface area contributed by atoms with Crippen LogP contribution in [0, 0.1) is 11.3 Å². The third-order valence-electron chi connectivity index (χ3n) is 3.80. The Morgan fingerprint density at radius 2 is 1.93 bits per heavy atom. The van der Waals surface area contributed by atoms with Crippen LogP contribution in [0.5, 0.6) is 0 Å². The van der Waals surface area contributed by atoms with E-state index in [0.717, 1.165) is 5.56 Å². The average molecular weight is 378 g/mol. The first-order valence-electron chi connectivity index (χ1n) is 8.28. The third-order valence-corrected chi connectivity index (χ3v) is 4.03. The highest BCUT2D eigenvalue weighted by atomic mass is 35.5. The van der Waals surface area contributed by atoms with E-state index in [-0.39, 0.29) is 11.6 Å². The zero-order valence-electron chi connectivity index (χ0n) is 14.3. The van der Waals surface area contributed by atoms with E-state index >= 15 is 0 Å². The Balaban J connectivity index is 1.56. The van der Waals surface area contributed by atoms with Crippen molar-refractivity contribution in [2.45, 2.75) is 6.42 Å². The monoisotopic (exact) mass is 377 g/mol. The predicted octanol–water partition coefficient (Wildman–Crippen LogP) is 3.72. The Morgan fingerprint density at radius 1 is 1.07 bits per heavy atom. The van der Waals surface area contributed by atoms with Gasteiger partial charge in [-0.25, -0.2) is 0 Å². The van der Waals surface area contributed by atoms with Gasteiger partial charge >= 0.3 is 0 Å². The molecule has 0 aliphatic rings. The molecule has 0 aliphatic heterocycles. The van der Waals surface area contributed by atoms with Crippen molar-refractivity contribution in [1.82, 2.24) is 15.5 Å². The van der Waals surface area contributed by atoms with Gasteiger partial charge in [-0.1, -0.05) is 35.9 Å². The minimum absolute atomic E-state index is 0.222. The van der Waals surface area contributed by atoms with E-state index in [1.165, 1.54) is 0 Å². The first-order valence-corrected chi connectivity index (χ1v) is 8.66. The number of aromatic nitrogens is 2. The van der Waals surface area contributed by atoms with Crippen molar-refractivity contribution in [1.29, 1.82) is 5.26 Å². The lowest BCUT2D eigenvalue weighted by Crippen LogP contribution is -2.26. The topological polar surface area (TPSA) is 90.7 Å². The third kappa shape index (κ3) is 5.03. The van der Waals surface area contributed by atoms with Gasteiger partial charge in [0.15, 0.2) is 11.5 Å². The van der Waals surface area contributed by atoms with Crippen LogP contribution < -0.4 is 10.6 Å². The van der Waals surface area contributed by atoms with Crippen molar-refractivity contribution in [2.75, 3.05) is 11.9 Å². The van der Waals surface area contributed by atoms with Crippen LogP contribution in [0.3, 0.4) is 0 Å². The Hall–Kier alpha value is -3.43. The fourth-order valence-electron chi connectivity index (χ4n) is 2.45. The molecule has 0 bridgehead atoms. The SMILES string of the molecule is N#Cc1ccccc1Nc1ccc(C(=O)NCCc2cccc(Cl)c2)nn1. The fraction of sp³-hybridized carbons (Fsp3) is 0.100. The molecular formula is C20H16ClN5O. The molecule has 6 nitrogen and oxygen atoms in total. The number of nitrogens with zero attached hydrogens (tertiary/aromatic N) is 3. The van der Waals surface area contributed by atoms with Crippen molar-refractivity contribution < 1.29 is 4.79 Å². The zero-order chi connectivity index (χ0) is 19.1. The van der Waals surface area contributed by atoms with E-state index in [0.29, 0.717) is 35.1 Å². The van der Waals surface area contributed by atoms with Gasteiger partial charge < -0.3 is 10.6 Å². The van der Waals surface area contributed by atoms with Gasteiger partial charge in [0.1, 0.15) is 6.07 Å². The first kappa shape index (κ1) is 18.4. The van der Waals surface area contributed by atoms with Crippen LogP contribution in [-0.2, 0) is 6.42 Å². The normalized spacial score (nSPS) is 10.1. The molecule has 134 valence electrons. The molecular weight excluding hydrogens is 362 g/mol. The van der Waals surface area contributed by atoms with Gasteiger partial charge in [0.25, 0.3) is 5.91 Å². The molecule has 0 saturated heterocycles. The molecule has 1 heterocycles. The van der Waals surface area contributed by atoms with Crippen molar-refractivity contribution in [2.24, 2.45) is 0 Å². The smallest absolute Gasteiger partial charge is 0.271 e. The van der Waals surface area contributed by atoms with Crippen LogP contribution in [-0.4, -0.2) is 22.6 Å². The highest BCUT2D eigenvalue weighted by Gasteiger charge is 2.09. The Kier molecular flexibility index (Phi) is 5.98. The van der Waals surface area contributed by atoms with Gasteiger partial charge in [0.2, 0.25) is 0 Å². The summed E-state index contributed by atoms with van der Waals surface area (Å²) >= 11 is 5.94. The molecule has 2 aromatic carbocycles. The molecule has 27 heavy (non-hydrogen) atoms. The van der Waals surface area contributed by atoms with Gasteiger partial charge in [0, 0.05) is 11.6 Å². The Morgan fingerprint density at radius 3 is 2.67 bits per heavy atom.